The van der Waals surface area contributed by atoms with Gasteiger partial charge in [0.2, 0.25) is 5.91 Å². The minimum Gasteiger partial charge on any atom is -0.353 e. The van der Waals surface area contributed by atoms with Crippen molar-refractivity contribution in [1.29, 1.82) is 0 Å². The van der Waals surface area contributed by atoms with Crippen LogP contribution in [-0.2, 0) is 11.3 Å². The molecule has 3 aromatic heterocycles. The van der Waals surface area contributed by atoms with Crippen molar-refractivity contribution in [3.63, 3.8) is 0 Å². The van der Waals surface area contributed by atoms with Gasteiger partial charge in [-0.2, -0.15) is 10.2 Å². The zero-order valence-corrected chi connectivity index (χ0v) is 21.0. The second-order valence-corrected chi connectivity index (χ2v) is 9.33. The molecule has 5 rings (SSSR count). The number of hydrogen-bond donors (Lipinski definition) is 0. The lowest BCUT2D eigenvalue weighted by atomic mass is 10.2. The van der Waals surface area contributed by atoms with Crippen molar-refractivity contribution >= 4 is 22.6 Å². The van der Waals surface area contributed by atoms with Gasteiger partial charge in [-0.3, -0.25) is 9.59 Å². The van der Waals surface area contributed by atoms with Gasteiger partial charge in [0.1, 0.15) is 5.82 Å². The highest BCUT2D eigenvalue weighted by molar-refractivity contribution is 5.83. The number of anilines is 1. The fourth-order valence-corrected chi connectivity index (χ4v) is 4.84. The SMILES string of the molecule is Cc1ccc(-n2nc3c(=O)n(CCCC(=O)N4CCN(c5ccccn5)CC4)nc(C)c3c2C)cc1. The number of fused-ring (bicyclic) bond motifs is 1. The molecule has 0 radical (unpaired) electrons. The van der Waals surface area contributed by atoms with E-state index in [0.29, 0.717) is 38.0 Å². The van der Waals surface area contributed by atoms with Crippen molar-refractivity contribution in [2.45, 2.75) is 40.2 Å². The third-order valence-electron chi connectivity index (χ3n) is 6.83. The molecule has 0 aliphatic carbocycles. The van der Waals surface area contributed by atoms with Crippen LogP contribution in [0, 0.1) is 20.8 Å². The zero-order chi connectivity index (χ0) is 25.2. The van der Waals surface area contributed by atoms with E-state index in [4.69, 9.17) is 0 Å². The molecule has 0 bridgehead atoms. The zero-order valence-electron chi connectivity index (χ0n) is 21.0. The maximum absolute atomic E-state index is 13.2. The number of rotatable bonds is 6. The average Bonchev–Trinajstić information content (AvgIpc) is 3.25. The van der Waals surface area contributed by atoms with Crippen molar-refractivity contribution in [3.8, 4) is 5.69 Å². The number of carbonyl (C=O) groups is 1. The maximum atomic E-state index is 13.2. The molecule has 1 saturated heterocycles. The standard InChI is InChI=1S/C27H31N7O2/c1-19-9-11-22(12-10-19)34-21(3)25-20(2)29-33(27(36)26(25)30-34)14-6-8-24(35)32-17-15-31(16-18-32)23-7-4-5-13-28-23/h4-5,7,9-13H,6,8,14-18H2,1-3H3. The molecule has 0 atom stereocenters. The number of benzene rings is 1. The Hall–Kier alpha value is -4.01. The summed E-state index contributed by atoms with van der Waals surface area (Å²) in [4.78, 5) is 34.5. The van der Waals surface area contributed by atoms with Gasteiger partial charge in [0.05, 0.1) is 22.5 Å². The lowest BCUT2D eigenvalue weighted by molar-refractivity contribution is -0.131. The summed E-state index contributed by atoms with van der Waals surface area (Å²) in [5, 5.41) is 9.98. The van der Waals surface area contributed by atoms with E-state index in [1.54, 1.807) is 10.9 Å². The smallest absolute Gasteiger partial charge is 0.295 e. The van der Waals surface area contributed by atoms with Crippen LogP contribution in [0.1, 0.15) is 29.8 Å². The van der Waals surface area contributed by atoms with Crippen LogP contribution < -0.4 is 10.5 Å². The molecule has 1 aromatic carbocycles. The van der Waals surface area contributed by atoms with E-state index in [0.717, 1.165) is 46.9 Å². The highest BCUT2D eigenvalue weighted by Gasteiger charge is 2.22. The van der Waals surface area contributed by atoms with Gasteiger partial charge in [-0.05, 0) is 51.5 Å². The van der Waals surface area contributed by atoms with Crippen molar-refractivity contribution < 1.29 is 4.79 Å². The molecule has 0 unspecified atom stereocenters. The molecule has 9 heteroatoms. The third-order valence-corrected chi connectivity index (χ3v) is 6.83. The van der Waals surface area contributed by atoms with Gasteiger partial charge in [0.25, 0.3) is 5.56 Å². The third kappa shape index (κ3) is 4.60. The van der Waals surface area contributed by atoms with Gasteiger partial charge >= 0.3 is 0 Å². The number of aromatic nitrogens is 5. The van der Waals surface area contributed by atoms with E-state index in [2.05, 4.69) is 20.1 Å². The summed E-state index contributed by atoms with van der Waals surface area (Å²) in [6.07, 6.45) is 2.72. The quantitative estimate of drug-likeness (QED) is 0.417. The number of carbonyl (C=O) groups excluding carboxylic acids is 1. The largest absolute Gasteiger partial charge is 0.353 e. The van der Waals surface area contributed by atoms with Gasteiger partial charge in [-0.15, -0.1) is 0 Å². The Labute approximate surface area is 210 Å². The first kappa shape index (κ1) is 23.7. The number of piperazine rings is 1. The minimum atomic E-state index is -0.221. The van der Waals surface area contributed by atoms with Crippen LogP contribution in [-0.4, -0.2) is 61.5 Å². The molecule has 36 heavy (non-hydrogen) atoms. The first-order valence-electron chi connectivity index (χ1n) is 12.4. The number of amides is 1. The van der Waals surface area contributed by atoms with E-state index in [9.17, 15) is 9.59 Å². The van der Waals surface area contributed by atoms with Gasteiger partial charge < -0.3 is 9.80 Å². The Balaban J connectivity index is 1.24. The first-order chi connectivity index (χ1) is 17.4. The summed E-state index contributed by atoms with van der Waals surface area (Å²) in [5.41, 5.74) is 3.92. The molecule has 0 N–H and O–H groups in total. The molecule has 1 fully saturated rings. The van der Waals surface area contributed by atoms with Crippen LogP contribution in [0.15, 0.2) is 53.5 Å². The van der Waals surface area contributed by atoms with Crippen molar-refractivity contribution in [2.75, 3.05) is 31.1 Å². The van der Waals surface area contributed by atoms with E-state index in [-0.39, 0.29) is 11.5 Å². The minimum absolute atomic E-state index is 0.112. The summed E-state index contributed by atoms with van der Waals surface area (Å²) < 4.78 is 3.26. The summed E-state index contributed by atoms with van der Waals surface area (Å²) in [6, 6.07) is 13.9. The van der Waals surface area contributed by atoms with Gasteiger partial charge in [-0.1, -0.05) is 23.8 Å². The molecule has 0 spiro atoms. The number of nitrogens with zero attached hydrogens (tertiary/aromatic N) is 7. The summed E-state index contributed by atoms with van der Waals surface area (Å²) in [7, 11) is 0. The lowest BCUT2D eigenvalue weighted by Gasteiger charge is -2.35. The van der Waals surface area contributed by atoms with Crippen LogP contribution >= 0.6 is 0 Å². The highest BCUT2D eigenvalue weighted by Crippen LogP contribution is 2.21. The van der Waals surface area contributed by atoms with E-state index in [1.807, 2.05) is 68.1 Å². The summed E-state index contributed by atoms with van der Waals surface area (Å²) in [5.74, 6) is 1.06. The van der Waals surface area contributed by atoms with Crippen LogP contribution in [0.5, 0.6) is 0 Å². The summed E-state index contributed by atoms with van der Waals surface area (Å²) >= 11 is 0. The van der Waals surface area contributed by atoms with Crippen LogP contribution in [0.2, 0.25) is 0 Å². The van der Waals surface area contributed by atoms with Crippen molar-refractivity contribution in [1.82, 2.24) is 29.4 Å². The van der Waals surface area contributed by atoms with Crippen LogP contribution in [0.3, 0.4) is 0 Å². The molecule has 1 aliphatic rings. The molecule has 0 saturated carbocycles. The van der Waals surface area contributed by atoms with Gasteiger partial charge in [0.15, 0.2) is 5.52 Å². The van der Waals surface area contributed by atoms with E-state index in [1.165, 1.54) is 4.68 Å². The van der Waals surface area contributed by atoms with E-state index >= 15 is 0 Å². The molecule has 1 amide bonds. The molecule has 4 heterocycles. The lowest BCUT2D eigenvalue weighted by Crippen LogP contribution is -2.49. The Morgan fingerprint density at radius 3 is 2.39 bits per heavy atom. The fourth-order valence-electron chi connectivity index (χ4n) is 4.84. The number of hydrogen-bond acceptors (Lipinski definition) is 6. The topological polar surface area (TPSA) is 89.2 Å². The number of pyridine rings is 1. The normalized spacial score (nSPS) is 14.0. The number of aryl methyl sites for hydroxylation is 4. The van der Waals surface area contributed by atoms with Crippen molar-refractivity contribution in [3.05, 3.63) is 76.0 Å². The molecule has 4 aromatic rings. The maximum Gasteiger partial charge on any atom is 0.295 e. The van der Waals surface area contributed by atoms with E-state index < -0.39 is 0 Å². The van der Waals surface area contributed by atoms with Crippen LogP contribution in [0.25, 0.3) is 16.6 Å². The van der Waals surface area contributed by atoms with Gasteiger partial charge in [-0.25, -0.2) is 14.3 Å². The molecule has 9 nitrogen and oxygen atoms in total. The second-order valence-electron chi connectivity index (χ2n) is 9.33. The van der Waals surface area contributed by atoms with Crippen molar-refractivity contribution in [2.24, 2.45) is 0 Å². The van der Waals surface area contributed by atoms with Crippen LogP contribution in [0.4, 0.5) is 5.82 Å². The van der Waals surface area contributed by atoms with Gasteiger partial charge in [0, 0.05) is 45.3 Å². The molecular weight excluding hydrogens is 454 g/mol. The fraction of sp³-hybridized carbons (Fsp3) is 0.370. The molecule has 186 valence electrons. The highest BCUT2D eigenvalue weighted by atomic mass is 16.2. The Morgan fingerprint density at radius 1 is 0.944 bits per heavy atom. The predicted molar refractivity (Wildman–Crippen MR) is 140 cm³/mol. The Kier molecular flexibility index (Phi) is 6.54. The molecular formula is C27H31N7O2. The second kappa shape index (κ2) is 9.93. The summed E-state index contributed by atoms with van der Waals surface area (Å²) in [6.45, 7) is 9.16. The first-order valence-corrected chi connectivity index (χ1v) is 12.4. The monoisotopic (exact) mass is 485 g/mol. The molecule has 1 aliphatic heterocycles. The average molecular weight is 486 g/mol. The predicted octanol–water partition coefficient (Wildman–Crippen LogP) is 3.03. The Bertz CT molecular complexity index is 1430. The Morgan fingerprint density at radius 2 is 1.69 bits per heavy atom.